The van der Waals surface area contributed by atoms with E-state index < -0.39 is 0 Å². The molecule has 1 aliphatic rings. The molecule has 1 aliphatic carbocycles. The molecule has 0 radical (unpaired) electrons. The highest BCUT2D eigenvalue weighted by Gasteiger charge is 2.12. The number of terminal acetylenes is 1. The fourth-order valence-electron chi connectivity index (χ4n) is 2.40. The van der Waals surface area contributed by atoms with Crippen molar-refractivity contribution in [3.05, 3.63) is 29.8 Å². The fourth-order valence-corrected chi connectivity index (χ4v) is 2.40. The van der Waals surface area contributed by atoms with Crippen LogP contribution in [0.3, 0.4) is 0 Å². The molecule has 0 aliphatic heterocycles. The highest BCUT2D eigenvalue weighted by molar-refractivity contribution is 5.27. The van der Waals surface area contributed by atoms with E-state index in [-0.39, 0.29) is 0 Å². The first-order chi connectivity index (χ1) is 8.88. The van der Waals surface area contributed by atoms with Gasteiger partial charge in [0.2, 0.25) is 0 Å². The first-order valence-corrected chi connectivity index (χ1v) is 6.77. The summed E-state index contributed by atoms with van der Waals surface area (Å²) in [4.78, 5) is 0. The number of rotatable bonds is 5. The Labute approximate surface area is 110 Å². The van der Waals surface area contributed by atoms with E-state index in [1.165, 1.54) is 37.7 Å². The molecule has 0 amide bonds. The minimum absolute atomic E-state index is 0.333. The Morgan fingerprint density at radius 3 is 2.56 bits per heavy atom. The molecule has 2 nitrogen and oxygen atoms in total. The van der Waals surface area contributed by atoms with E-state index in [0.717, 1.165) is 12.3 Å². The molecule has 1 fully saturated rings. The molecule has 0 saturated heterocycles. The van der Waals surface area contributed by atoms with Gasteiger partial charge < -0.3 is 10.1 Å². The molecular weight excluding hydrogens is 222 g/mol. The van der Waals surface area contributed by atoms with Crippen LogP contribution in [0.1, 0.15) is 37.7 Å². The first-order valence-electron chi connectivity index (χ1n) is 6.77. The van der Waals surface area contributed by atoms with Crippen LogP contribution >= 0.6 is 0 Å². The summed E-state index contributed by atoms with van der Waals surface area (Å²) in [5.41, 5.74) is 1.30. The summed E-state index contributed by atoms with van der Waals surface area (Å²) in [5.74, 6) is 3.31. The molecule has 2 heteroatoms. The maximum Gasteiger partial charge on any atom is 0.148 e. The standard InChI is InChI=1S/C16H21NO/c1-2-12-18-16-10-8-14(9-11-16)13-17-15-6-4-3-5-7-15/h1,8-11,15,17H,3-7,12-13H2. The number of hydrogen-bond acceptors (Lipinski definition) is 2. The molecule has 1 saturated carbocycles. The molecule has 1 N–H and O–H groups in total. The summed E-state index contributed by atoms with van der Waals surface area (Å²) < 4.78 is 5.35. The summed E-state index contributed by atoms with van der Waals surface area (Å²) in [6, 6.07) is 8.87. The smallest absolute Gasteiger partial charge is 0.148 e. The minimum atomic E-state index is 0.333. The average Bonchev–Trinajstić information content (AvgIpc) is 2.45. The van der Waals surface area contributed by atoms with Crippen LogP contribution in [0.4, 0.5) is 0 Å². The van der Waals surface area contributed by atoms with Gasteiger partial charge in [-0.25, -0.2) is 0 Å². The third kappa shape index (κ3) is 4.09. The van der Waals surface area contributed by atoms with Crippen molar-refractivity contribution in [3.8, 4) is 18.1 Å². The molecule has 0 heterocycles. The highest BCUT2D eigenvalue weighted by atomic mass is 16.5. The molecule has 0 spiro atoms. The third-order valence-electron chi connectivity index (χ3n) is 3.45. The number of ether oxygens (including phenoxy) is 1. The van der Waals surface area contributed by atoms with Crippen molar-refractivity contribution < 1.29 is 4.74 Å². The summed E-state index contributed by atoms with van der Waals surface area (Å²) >= 11 is 0. The molecule has 2 rings (SSSR count). The van der Waals surface area contributed by atoms with Crippen LogP contribution in [0, 0.1) is 12.3 Å². The van der Waals surface area contributed by atoms with Crippen LogP contribution in [0.5, 0.6) is 5.75 Å². The van der Waals surface area contributed by atoms with E-state index in [0.29, 0.717) is 12.6 Å². The second-order valence-electron chi connectivity index (χ2n) is 4.85. The first kappa shape index (κ1) is 13.0. The van der Waals surface area contributed by atoms with E-state index in [1.54, 1.807) is 0 Å². The molecule has 0 aromatic heterocycles. The largest absolute Gasteiger partial charge is 0.481 e. The van der Waals surface area contributed by atoms with Gasteiger partial charge in [-0.1, -0.05) is 37.3 Å². The van der Waals surface area contributed by atoms with Crippen molar-refractivity contribution in [2.24, 2.45) is 0 Å². The Hall–Kier alpha value is -1.46. The highest BCUT2D eigenvalue weighted by Crippen LogP contribution is 2.18. The van der Waals surface area contributed by atoms with E-state index >= 15 is 0 Å². The third-order valence-corrected chi connectivity index (χ3v) is 3.45. The van der Waals surface area contributed by atoms with Crippen LogP contribution in [-0.4, -0.2) is 12.6 Å². The SMILES string of the molecule is C#CCOc1ccc(CNC2CCCCC2)cc1. The topological polar surface area (TPSA) is 21.3 Å². The van der Waals surface area contributed by atoms with Crippen LogP contribution < -0.4 is 10.1 Å². The second kappa shape index (κ2) is 7.08. The Morgan fingerprint density at radius 2 is 1.89 bits per heavy atom. The molecule has 1 aromatic carbocycles. The monoisotopic (exact) mass is 243 g/mol. The van der Waals surface area contributed by atoms with Crippen LogP contribution in [0.2, 0.25) is 0 Å². The minimum Gasteiger partial charge on any atom is -0.481 e. The molecule has 0 atom stereocenters. The molecule has 18 heavy (non-hydrogen) atoms. The number of benzene rings is 1. The van der Waals surface area contributed by atoms with Crippen molar-refractivity contribution in [1.82, 2.24) is 5.32 Å². The van der Waals surface area contributed by atoms with Gasteiger partial charge >= 0.3 is 0 Å². The Balaban J connectivity index is 1.77. The van der Waals surface area contributed by atoms with Crippen molar-refractivity contribution in [2.45, 2.75) is 44.7 Å². The van der Waals surface area contributed by atoms with Gasteiger partial charge in [-0.15, -0.1) is 6.42 Å². The van der Waals surface area contributed by atoms with Gasteiger partial charge in [0, 0.05) is 12.6 Å². The number of hydrogen-bond donors (Lipinski definition) is 1. The molecule has 0 bridgehead atoms. The molecular formula is C16H21NO. The summed E-state index contributed by atoms with van der Waals surface area (Å²) in [6.45, 7) is 1.28. The lowest BCUT2D eigenvalue weighted by atomic mass is 9.95. The van der Waals surface area contributed by atoms with Gasteiger partial charge in [0.25, 0.3) is 0 Å². The zero-order valence-corrected chi connectivity index (χ0v) is 10.8. The van der Waals surface area contributed by atoms with Crippen LogP contribution in [0.25, 0.3) is 0 Å². The maximum atomic E-state index is 5.35. The van der Waals surface area contributed by atoms with Crippen molar-refractivity contribution in [3.63, 3.8) is 0 Å². The van der Waals surface area contributed by atoms with E-state index in [1.807, 2.05) is 12.1 Å². The predicted molar refractivity (Wildman–Crippen MR) is 74.5 cm³/mol. The van der Waals surface area contributed by atoms with Crippen LogP contribution in [0.15, 0.2) is 24.3 Å². The lowest BCUT2D eigenvalue weighted by molar-refractivity contribution is 0.368. The van der Waals surface area contributed by atoms with Crippen molar-refractivity contribution >= 4 is 0 Å². The lowest BCUT2D eigenvalue weighted by Crippen LogP contribution is -2.30. The second-order valence-corrected chi connectivity index (χ2v) is 4.85. The Kier molecular flexibility index (Phi) is 5.11. The Morgan fingerprint density at radius 1 is 1.17 bits per heavy atom. The van der Waals surface area contributed by atoms with Crippen LogP contribution in [-0.2, 0) is 6.54 Å². The van der Waals surface area contributed by atoms with Gasteiger partial charge in [0.05, 0.1) is 0 Å². The van der Waals surface area contributed by atoms with Crippen molar-refractivity contribution in [1.29, 1.82) is 0 Å². The summed E-state index contributed by atoms with van der Waals surface area (Å²) in [5, 5.41) is 3.63. The average molecular weight is 243 g/mol. The zero-order chi connectivity index (χ0) is 12.6. The molecule has 96 valence electrons. The van der Waals surface area contributed by atoms with Gasteiger partial charge in [-0.3, -0.25) is 0 Å². The van der Waals surface area contributed by atoms with E-state index in [9.17, 15) is 0 Å². The summed E-state index contributed by atoms with van der Waals surface area (Å²) in [6.07, 6.45) is 11.9. The molecule has 1 aromatic rings. The van der Waals surface area contributed by atoms with Gasteiger partial charge in [0.15, 0.2) is 0 Å². The lowest BCUT2D eigenvalue weighted by Gasteiger charge is -2.22. The van der Waals surface area contributed by atoms with E-state index in [4.69, 9.17) is 11.2 Å². The van der Waals surface area contributed by atoms with Gasteiger partial charge in [-0.05, 0) is 30.5 Å². The fraction of sp³-hybridized carbons (Fsp3) is 0.500. The predicted octanol–water partition coefficient (Wildman–Crippen LogP) is 3.12. The van der Waals surface area contributed by atoms with Crippen molar-refractivity contribution in [2.75, 3.05) is 6.61 Å². The quantitative estimate of drug-likeness (QED) is 0.802. The van der Waals surface area contributed by atoms with Gasteiger partial charge in [0.1, 0.15) is 12.4 Å². The van der Waals surface area contributed by atoms with Gasteiger partial charge in [-0.2, -0.15) is 0 Å². The Bertz CT molecular complexity index is 385. The maximum absolute atomic E-state index is 5.35. The van der Waals surface area contributed by atoms with E-state index in [2.05, 4.69) is 23.4 Å². The summed E-state index contributed by atoms with van der Waals surface area (Å²) in [7, 11) is 0. The number of nitrogens with one attached hydrogen (secondary N) is 1. The zero-order valence-electron chi connectivity index (χ0n) is 10.8. The normalized spacial score (nSPS) is 16.2. The molecule has 0 unspecified atom stereocenters.